The first-order valence-electron chi connectivity index (χ1n) is 8.35. The summed E-state index contributed by atoms with van der Waals surface area (Å²) in [6.07, 6.45) is 0. The van der Waals surface area contributed by atoms with Gasteiger partial charge in [-0.25, -0.2) is 14.0 Å². The quantitative estimate of drug-likeness (QED) is 0.680. The van der Waals surface area contributed by atoms with Gasteiger partial charge in [0.2, 0.25) is 0 Å². The summed E-state index contributed by atoms with van der Waals surface area (Å²) in [7, 11) is 3.00. The predicted octanol–water partition coefficient (Wildman–Crippen LogP) is 2.65. The summed E-state index contributed by atoms with van der Waals surface area (Å²) in [4.78, 5) is 17.6. The Hall–Kier alpha value is -4.51. The first kappa shape index (κ1) is 19.3. The molecule has 0 unspecified atom stereocenters. The molecular formula is C18H16N10O. The first-order chi connectivity index (χ1) is 13.9. The molecular weight excluding hydrogens is 372 g/mol. The molecule has 0 spiro atoms. The predicted molar refractivity (Wildman–Crippen MR) is 103 cm³/mol. The fraction of sp³-hybridized carbons (Fsp3) is 0.167. The highest BCUT2D eigenvalue weighted by Crippen LogP contribution is 2.30. The SMILES string of the molecule is Cc1nn(-c2ccccc2)c(N)c1N=Nc1nc(C#N)c(C#N)n1C(=O)N(C)C. The number of nitriles is 2. The molecule has 0 saturated carbocycles. The Morgan fingerprint density at radius 3 is 2.45 bits per heavy atom. The number of carbonyl (C=O) groups is 1. The minimum atomic E-state index is -0.589. The van der Waals surface area contributed by atoms with Gasteiger partial charge in [0.1, 0.15) is 12.1 Å². The van der Waals surface area contributed by atoms with Crippen molar-refractivity contribution < 1.29 is 4.79 Å². The van der Waals surface area contributed by atoms with Gasteiger partial charge in [-0.05, 0) is 19.1 Å². The smallest absolute Gasteiger partial charge is 0.331 e. The maximum absolute atomic E-state index is 12.5. The van der Waals surface area contributed by atoms with Crippen molar-refractivity contribution in [3.63, 3.8) is 0 Å². The summed E-state index contributed by atoms with van der Waals surface area (Å²) in [6.45, 7) is 1.71. The minimum Gasteiger partial charge on any atom is -0.382 e. The molecule has 3 aromatic rings. The monoisotopic (exact) mass is 388 g/mol. The Morgan fingerprint density at radius 1 is 1.17 bits per heavy atom. The number of rotatable bonds is 3. The van der Waals surface area contributed by atoms with Crippen LogP contribution >= 0.6 is 0 Å². The fourth-order valence-corrected chi connectivity index (χ4v) is 2.56. The molecule has 0 radical (unpaired) electrons. The van der Waals surface area contributed by atoms with E-state index in [2.05, 4.69) is 20.3 Å². The molecule has 3 rings (SSSR count). The maximum atomic E-state index is 12.5. The molecule has 29 heavy (non-hydrogen) atoms. The number of imidazole rings is 1. The van der Waals surface area contributed by atoms with E-state index >= 15 is 0 Å². The van der Waals surface area contributed by atoms with E-state index in [-0.39, 0.29) is 28.8 Å². The Balaban J connectivity index is 2.09. The Labute approximate surface area is 165 Å². The van der Waals surface area contributed by atoms with Crippen molar-refractivity contribution in [2.45, 2.75) is 6.92 Å². The summed E-state index contributed by atoms with van der Waals surface area (Å²) >= 11 is 0. The van der Waals surface area contributed by atoms with Crippen LogP contribution in [0, 0.1) is 29.6 Å². The number of nitrogens with zero attached hydrogens (tertiary/aromatic N) is 9. The van der Waals surface area contributed by atoms with Crippen LogP contribution in [0.2, 0.25) is 0 Å². The van der Waals surface area contributed by atoms with Crippen molar-refractivity contribution in [1.29, 1.82) is 10.5 Å². The number of aromatic nitrogens is 4. The van der Waals surface area contributed by atoms with E-state index in [1.807, 2.05) is 30.3 Å². The third kappa shape index (κ3) is 3.40. The van der Waals surface area contributed by atoms with Gasteiger partial charge in [-0.15, -0.1) is 10.2 Å². The lowest BCUT2D eigenvalue weighted by Crippen LogP contribution is -2.28. The van der Waals surface area contributed by atoms with E-state index < -0.39 is 6.03 Å². The average molecular weight is 388 g/mol. The highest BCUT2D eigenvalue weighted by atomic mass is 16.2. The van der Waals surface area contributed by atoms with E-state index in [9.17, 15) is 15.3 Å². The fourth-order valence-electron chi connectivity index (χ4n) is 2.56. The molecule has 1 aromatic carbocycles. The lowest BCUT2D eigenvalue weighted by atomic mass is 10.3. The molecule has 0 aliphatic rings. The Morgan fingerprint density at radius 2 is 1.86 bits per heavy atom. The summed E-state index contributed by atoms with van der Waals surface area (Å²) < 4.78 is 2.44. The van der Waals surface area contributed by atoms with Gasteiger partial charge in [-0.1, -0.05) is 18.2 Å². The second kappa shape index (κ2) is 7.62. The van der Waals surface area contributed by atoms with Crippen LogP contribution in [0.5, 0.6) is 0 Å². The zero-order valence-corrected chi connectivity index (χ0v) is 15.9. The summed E-state index contributed by atoms with van der Waals surface area (Å²) in [5, 5.41) is 31.0. The number of nitrogens with two attached hydrogens (primary N) is 1. The van der Waals surface area contributed by atoms with Gasteiger partial charge in [0.05, 0.1) is 11.4 Å². The van der Waals surface area contributed by atoms with E-state index in [0.717, 1.165) is 10.3 Å². The number of amides is 1. The van der Waals surface area contributed by atoms with Gasteiger partial charge in [0, 0.05) is 14.1 Å². The van der Waals surface area contributed by atoms with E-state index in [0.29, 0.717) is 5.69 Å². The van der Waals surface area contributed by atoms with Crippen LogP contribution < -0.4 is 5.73 Å². The van der Waals surface area contributed by atoms with Crippen molar-refractivity contribution in [3.05, 3.63) is 47.4 Å². The van der Waals surface area contributed by atoms with Crippen LogP contribution in [-0.2, 0) is 0 Å². The number of para-hydroxylation sites is 1. The lowest BCUT2D eigenvalue weighted by molar-refractivity contribution is 0.219. The molecule has 2 aromatic heterocycles. The first-order valence-corrected chi connectivity index (χ1v) is 8.35. The van der Waals surface area contributed by atoms with Gasteiger partial charge in [-0.2, -0.15) is 20.6 Å². The van der Waals surface area contributed by atoms with Crippen molar-refractivity contribution in [3.8, 4) is 17.8 Å². The number of azo groups is 1. The van der Waals surface area contributed by atoms with Gasteiger partial charge < -0.3 is 10.6 Å². The molecule has 144 valence electrons. The Bertz CT molecular complexity index is 1190. The van der Waals surface area contributed by atoms with Gasteiger partial charge in [-0.3, -0.25) is 0 Å². The molecule has 2 N–H and O–H groups in total. The number of aryl methyl sites for hydroxylation is 1. The molecule has 1 amide bonds. The molecule has 0 fully saturated rings. The van der Waals surface area contributed by atoms with Crippen LogP contribution in [0.3, 0.4) is 0 Å². The van der Waals surface area contributed by atoms with Crippen molar-refractivity contribution in [1.82, 2.24) is 24.2 Å². The zero-order chi connectivity index (χ0) is 21.1. The number of carbonyl (C=O) groups excluding carboxylic acids is 1. The van der Waals surface area contributed by atoms with Gasteiger partial charge in [0.25, 0.3) is 5.95 Å². The van der Waals surface area contributed by atoms with E-state index in [4.69, 9.17) is 5.73 Å². The van der Waals surface area contributed by atoms with Crippen molar-refractivity contribution in [2.75, 3.05) is 19.8 Å². The topological polar surface area (TPSA) is 154 Å². The third-order valence-corrected chi connectivity index (χ3v) is 3.95. The highest BCUT2D eigenvalue weighted by molar-refractivity contribution is 5.81. The molecule has 11 nitrogen and oxygen atoms in total. The van der Waals surface area contributed by atoms with Crippen molar-refractivity contribution in [2.24, 2.45) is 10.2 Å². The molecule has 0 bridgehead atoms. The van der Waals surface area contributed by atoms with Crippen LogP contribution in [0.25, 0.3) is 5.69 Å². The molecule has 0 saturated heterocycles. The summed E-state index contributed by atoms with van der Waals surface area (Å²) in [5.74, 6) is 0.0403. The third-order valence-electron chi connectivity index (χ3n) is 3.95. The molecule has 11 heteroatoms. The lowest BCUT2D eigenvalue weighted by Gasteiger charge is -2.11. The summed E-state index contributed by atoms with van der Waals surface area (Å²) in [5.41, 5.74) is 7.28. The second-order valence-electron chi connectivity index (χ2n) is 6.11. The zero-order valence-electron chi connectivity index (χ0n) is 15.9. The van der Waals surface area contributed by atoms with Crippen LogP contribution in [0.1, 0.15) is 17.1 Å². The van der Waals surface area contributed by atoms with Crippen LogP contribution in [0.15, 0.2) is 40.6 Å². The number of anilines is 1. The Kier molecular flexibility index (Phi) is 5.06. The second-order valence-corrected chi connectivity index (χ2v) is 6.11. The number of benzene rings is 1. The molecule has 0 atom stereocenters. The maximum Gasteiger partial charge on any atom is 0.331 e. The molecule has 0 aliphatic heterocycles. The largest absolute Gasteiger partial charge is 0.382 e. The standard InChI is InChI=1S/C18H16N10O/c1-11-15(16(21)28(25-11)12-7-5-4-6-8-12)23-24-17-22-13(9-19)14(10-20)27(17)18(29)26(2)3/h4-8H,21H2,1-3H3. The minimum absolute atomic E-state index is 0.205. The number of nitrogen functional groups attached to an aromatic ring is 1. The number of hydrogen-bond donors (Lipinski definition) is 1. The van der Waals surface area contributed by atoms with E-state index in [1.54, 1.807) is 19.1 Å². The van der Waals surface area contributed by atoms with Crippen LogP contribution in [-0.4, -0.2) is 44.4 Å². The average Bonchev–Trinajstić information content (AvgIpc) is 3.22. The van der Waals surface area contributed by atoms with Crippen LogP contribution in [0.4, 0.5) is 22.2 Å². The molecule has 2 heterocycles. The van der Waals surface area contributed by atoms with Gasteiger partial charge >= 0.3 is 6.03 Å². The number of hydrogen-bond acceptors (Lipinski definition) is 8. The highest BCUT2D eigenvalue weighted by Gasteiger charge is 2.24. The normalized spacial score (nSPS) is 10.7. The molecule has 0 aliphatic carbocycles. The summed E-state index contributed by atoms with van der Waals surface area (Å²) in [6, 6.07) is 12.2. The van der Waals surface area contributed by atoms with E-state index in [1.165, 1.54) is 23.7 Å². The van der Waals surface area contributed by atoms with Gasteiger partial charge in [0.15, 0.2) is 22.9 Å². The van der Waals surface area contributed by atoms with Crippen molar-refractivity contribution >= 4 is 23.5 Å².